The first-order chi connectivity index (χ1) is 11.2. The summed E-state index contributed by atoms with van der Waals surface area (Å²) in [7, 11) is 1.54. The Morgan fingerprint density at radius 1 is 1.17 bits per heavy atom. The quantitative estimate of drug-likeness (QED) is 0.800. The highest BCUT2D eigenvalue weighted by molar-refractivity contribution is 6.01. The number of halogens is 1. The van der Waals surface area contributed by atoms with E-state index < -0.39 is 5.91 Å². The number of ether oxygens (including phenoxy) is 1. The van der Waals surface area contributed by atoms with Crippen LogP contribution in [0.5, 0.6) is 5.75 Å². The third-order valence-corrected chi connectivity index (χ3v) is 3.04. The SMILES string of the molecule is COc1cccc(NC(=O)c2nnc(-c3ccc(F)cc3)o2)c1. The highest BCUT2D eigenvalue weighted by Gasteiger charge is 2.16. The highest BCUT2D eigenvalue weighted by atomic mass is 19.1. The van der Waals surface area contributed by atoms with Gasteiger partial charge in [0.15, 0.2) is 0 Å². The first-order valence-corrected chi connectivity index (χ1v) is 6.70. The van der Waals surface area contributed by atoms with Gasteiger partial charge in [-0.05, 0) is 36.4 Å². The predicted molar refractivity (Wildman–Crippen MR) is 80.6 cm³/mol. The number of methoxy groups -OCH3 is 1. The van der Waals surface area contributed by atoms with Gasteiger partial charge in [0.1, 0.15) is 11.6 Å². The molecule has 116 valence electrons. The Labute approximate surface area is 130 Å². The molecule has 0 saturated carbocycles. The van der Waals surface area contributed by atoms with Crippen molar-refractivity contribution in [2.24, 2.45) is 0 Å². The summed E-state index contributed by atoms with van der Waals surface area (Å²) in [5.74, 6) is -0.350. The van der Waals surface area contributed by atoms with E-state index in [0.717, 1.165) is 0 Å². The number of carbonyl (C=O) groups is 1. The number of hydrogen-bond acceptors (Lipinski definition) is 5. The van der Waals surface area contributed by atoms with Gasteiger partial charge in [-0.3, -0.25) is 4.79 Å². The molecule has 0 unspecified atom stereocenters. The van der Waals surface area contributed by atoms with Crippen LogP contribution in [-0.2, 0) is 0 Å². The van der Waals surface area contributed by atoms with Crippen LogP contribution < -0.4 is 10.1 Å². The second kappa shape index (κ2) is 6.27. The van der Waals surface area contributed by atoms with Crippen LogP contribution in [0.3, 0.4) is 0 Å². The molecule has 0 fully saturated rings. The number of nitrogens with one attached hydrogen (secondary N) is 1. The standard InChI is InChI=1S/C16H12FN3O3/c1-22-13-4-2-3-12(9-13)18-14(21)16-20-19-15(23-16)10-5-7-11(17)8-6-10/h2-9H,1H3,(H,18,21). The fourth-order valence-electron chi connectivity index (χ4n) is 1.91. The van der Waals surface area contributed by atoms with Crippen LogP contribution in [0.4, 0.5) is 10.1 Å². The minimum Gasteiger partial charge on any atom is -0.497 e. The van der Waals surface area contributed by atoms with Crippen molar-refractivity contribution in [2.75, 3.05) is 12.4 Å². The van der Waals surface area contributed by atoms with E-state index in [1.54, 1.807) is 24.3 Å². The Balaban J connectivity index is 1.76. The second-order valence-electron chi connectivity index (χ2n) is 4.61. The molecule has 0 atom stereocenters. The molecule has 7 heteroatoms. The molecule has 0 aliphatic heterocycles. The van der Waals surface area contributed by atoms with Crippen molar-refractivity contribution in [1.82, 2.24) is 10.2 Å². The van der Waals surface area contributed by atoms with E-state index in [1.165, 1.54) is 31.4 Å². The normalized spacial score (nSPS) is 10.3. The fourth-order valence-corrected chi connectivity index (χ4v) is 1.91. The fraction of sp³-hybridized carbons (Fsp3) is 0.0625. The first kappa shape index (κ1) is 14.7. The Bertz CT molecular complexity index is 831. The molecule has 23 heavy (non-hydrogen) atoms. The monoisotopic (exact) mass is 313 g/mol. The third-order valence-electron chi connectivity index (χ3n) is 3.04. The first-order valence-electron chi connectivity index (χ1n) is 6.70. The zero-order valence-electron chi connectivity index (χ0n) is 12.1. The third kappa shape index (κ3) is 3.34. The van der Waals surface area contributed by atoms with Crippen LogP contribution in [0.2, 0.25) is 0 Å². The number of hydrogen-bond donors (Lipinski definition) is 1. The van der Waals surface area contributed by atoms with Gasteiger partial charge in [-0.15, -0.1) is 10.2 Å². The summed E-state index contributed by atoms with van der Waals surface area (Å²) in [6, 6.07) is 12.4. The summed E-state index contributed by atoms with van der Waals surface area (Å²) in [6.07, 6.45) is 0. The van der Waals surface area contributed by atoms with E-state index in [1.807, 2.05) is 0 Å². The Hall–Kier alpha value is -3.22. The molecule has 3 aromatic rings. The predicted octanol–water partition coefficient (Wildman–Crippen LogP) is 3.14. The maximum absolute atomic E-state index is 12.9. The number of benzene rings is 2. The van der Waals surface area contributed by atoms with Crippen LogP contribution >= 0.6 is 0 Å². The summed E-state index contributed by atoms with van der Waals surface area (Å²) in [6.45, 7) is 0. The Kier molecular flexibility index (Phi) is 4.01. The number of nitrogens with zero attached hydrogens (tertiary/aromatic N) is 2. The van der Waals surface area contributed by atoms with Gasteiger partial charge in [0.25, 0.3) is 0 Å². The van der Waals surface area contributed by atoms with Crippen molar-refractivity contribution in [3.63, 3.8) is 0 Å². The van der Waals surface area contributed by atoms with Gasteiger partial charge < -0.3 is 14.5 Å². The molecule has 1 aromatic heterocycles. The summed E-state index contributed by atoms with van der Waals surface area (Å²) < 4.78 is 23.3. The van der Waals surface area contributed by atoms with Gasteiger partial charge in [-0.25, -0.2) is 4.39 Å². The number of amides is 1. The van der Waals surface area contributed by atoms with Crippen molar-refractivity contribution in [1.29, 1.82) is 0 Å². The highest BCUT2D eigenvalue weighted by Crippen LogP contribution is 2.20. The molecule has 1 heterocycles. The smallest absolute Gasteiger partial charge is 0.313 e. The average Bonchev–Trinajstić information content (AvgIpc) is 3.06. The van der Waals surface area contributed by atoms with E-state index >= 15 is 0 Å². The topological polar surface area (TPSA) is 77.2 Å². The summed E-state index contributed by atoms with van der Waals surface area (Å²) in [4.78, 5) is 12.1. The van der Waals surface area contributed by atoms with Crippen molar-refractivity contribution in [3.8, 4) is 17.2 Å². The van der Waals surface area contributed by atoms with Gasteiger partial charge in [-0.1, -0.05) is 6.07 Å². The largest absolute Gasteiger partial charge is 0.497 e. The van der Waals surface area contributed by atoms with Crippen LogP contribution in [0, 0.1) is 5.82 Å². The summed E-state index contributed by atoms with van der Waals surface area (Å²) in [5, 5.41) is 10.1. The average molecular weight is 313 g/mol. The number of anilines is 1. The van der Waals surface area contributed by atoms with Gasteiger partial charge in [-0.2, -0.15) is 0 Å². The van der Waals surface area contributed by atoms with E-state index in [0.29, 0.717) is 17.0 Å². The molecule has 0 aliphatic carbocycles. The van der Waals surface area contributed by atoms with Crippen LogP contribution in [0.1, 0.15) is 10.7 Å². The van der Waals surface area contributed by atoms with E-state index in [2.05, 4.69) is 15.5 Å². The minimum absolute atomic E-state index is 0.140. The zero-order chi connectivity index (χ0) is 16.2. The maximum Gasteiger partial charge on any atom is 0.313 e. The number of rotatable bonds is 4. The molecule has 0 saturated heterocycles. The molecule has 0 spiro atoms. The minimum atomic E-state index is -0.542. The lowest BCUT2D eigenvalue weighted by Crippen LogP contribution is -2.12. The van der Waals surface area contributed by atoms with Crippen molar-refractivity contribution >= 4 is 11.6 Å². The summed E-state index contributed by atoms with van der Waals surface area (Å²) in [5.41, 5.74) is 1.07. The van der Waals surface area contributed by atoms with E-state index in [4.69, 9.17) is 9.15 Å². The van der Waals surface area contributed by atoms with Crippen LogP contribution in [-0.4, -0.2) is 23.2 Å². The van der Waals surface area contributed by atoms with Gasteiger partial charge >= 0.3 is 11.8 Å². The van der Waals surface area contributed by atoms with Crippen molar-refractivity contribution in [3.05, 3.63) is 60.2 Å². The lowest BCUT2D eigenvalue weighted by atomic mass is 10.2. The second-order valence-corrected chi connectivity index (χ2v) is 4.61. The van der Waals surface area contributed by atoms with E-state index in [9.17, 15) is 9.18 Å². The van der Waals surface area contributed by atoms with Crippen molar-refractivity contribution < 1.29 is 18.3 Å². The van der Waals surface area contributed by atoms with Gasteiger partial charge in [0.05, 0.1) is 7.11 Å². The maximum atomic E-state index is 12.9. The molecular weight excluding hydrogens is 301 g/mol. The van der Waals surface area contributed by atoms with E-state index in [-0.39, 0.29) is 17.6 Å². The Morgan fingerprint density at radius 2 is 1.96 bits per heavy atom. The molecule has 3 rings (SSSR count). The molecule has 0 radical (unpaired) electrons. The van der Waals surface area contributed by atoms with Crippen molar-refractivity contribution in [2.45, 2.75) is 0 Å². The molecule has 1 N–H and O–H groups in total. The van der Waals surface area contributed by atoms with Gasteiger partial charge in [0, 0.05) is 17.3 Å². The molecule has 2 aromatic carbocycles. The lowest BCUT2D eigenvalue weighted by molar-refractivity contribution is 0.0991. The zero-order valence-corrected chi connectivity index (χ0v) is 12.1. The molecule has 0 bridgehead atoms. The lowest BCUT2D eigenvalue weighted by Gasteiger charge is -2.04. The summed E-state index contributed by atoms with van der Waals surface area (Å²) >= 11 is 0. The molecular formula is C16H12FN3O3. The molecule has 1 amide bonds. The Morgan fingerprint density at radius 3 is 2.70 bits per heavy atom. The van der Waals surface area contributed by atoms with Gasteiger partial charge in [0.2, 0.25) is 5.89 Å². The van der Waals surface area contributed by atoms with Crippen LogP contribution in [0.25, 0.3) is 11.5 Å². The number of carbonyl (C=O) groups excluding carboxylic acids is 1. The molecule has 6 nitrogen and oxygen atoms in total. The molecule has 0 aliphatic rings. The van der Waals surface area contributed by atoms with Crippen LogP contribution in [0.15, 0.2) is 52.9 Å². The number of aromatic nitrogens is 2.